The van der Waals surface area contributed by atoms with Crippen LogP contribution in [0.5, 0.6) is 0 Å². The largest absolute Gasteiger partial charge is 0.358 e. The Balaban J connectivity index is 1.71. The van der Waals surface area contributed by atoms with Gasteiger partial charge in [-0.2, -0.15) is 5.26 Å². The highest BCUT2D eigenvalue weighted by atomic mass is 19.1. The molecule has 30 heavy (non-hydrogen) atoms. The van der Waals surface area contributed by atoms with E-state index in [1.807, 2.05) is 19.1 Å². The van der Waals surface area contributed by atoms with Gasteiger partial charge in [0.15, 0.2) is 11.5 Å². The van der Waals surface area contributed by atoms with Gasteiger partial charge in [0.2, 0.25) is 0 Å². The van der Waals surface area contributed by atoms with Crippen LogP contribution < -0.4 is 5.32 Å². The van der Waals surface area contributed by atoms with Gasteiger partial charge < -0.3 is 10.3 Å². The molecule has 5 rings (SSSR count). The summed E-state index contributed by atoms with van der Waals surface area (Å²) in [7, 11) is 0. The number of imidazole rings is 2. The van der Waals surface area contributed by atoms with Crippen molar-refractivity contribution in [3.8, 4) is 11.8 Å². The summed E-state index contributed by atoms with van der Waals surface area (Å²) in [5.74, 6) is 0.532. The van der Waals surface area contributed by atoms with Gasteiger partial charge in [0.1, 0.15) is 35.1 Å². The van der Waals surface area contributed by atoms with Crippen molar-refractivity contribution in [1.29, 1.82) is 5.26 Å². The minimum absolute atomic E-state index is 0.0692. The SMILES string of the molecule is C[C@H](Nc1ncnc2nc[nH]c12)c1nc2ccc(F)c(C#N)c2n1-c1cccnc1. The average molecular weight is 399 g/mol. The molecule has 0 fully saturated rings. The fourth-order valence-corrected chi connectivity index (χ4v) is 3.45. The van der Waals surface area contributed by atoms with E-state index in [0.717, 1.165) is 0 Å². The van der Waals surface area contributed by atoms with Crippen LogP contribution in [0.25, 0.3) is 27.9 Å². The quantitative estimate of drug-likeness (QED) is 0.476. The van der Waals surface area contributed by atoms with Gasteiger partial charge in [0.25, 0.3) is 0 Å². The summed E-state index contributed by atoms with van der Waals surface area (Å²) < 4.78 is 16.1. The van der Waals surface area contributed by atoms with E-state index < -0.39 is 5.82 Å². The summed E-state index contributed by atoms with van der Waals surface area (Å²) in [5, 5.41) is 12.9. The van der Waals surface area contributed by atoms with Crippen LogP contribution in [0, 0.1) is 17.1 Å². The van der Waals surface area contributed by atoms with Crippen molar-refractivity contribution in [3.63, 3.8) is 0 Å². The van der Waals surface area contributed by atoms with E-state index in [1.54, 1.807) is 35.4 Å². The molecule has 0 aliphatic carbocycles. The molecule has 0 radical (unpaired) electrons. The van der Waals surface area contributed by atoms with Gasteiger partial charge in [-0.15, -0.1) is 0 Å². The average Bonchev–Trinajstić information content (AvgIpc) is 3.40. The Morgan fingerprint density at radius 3 is 2.93 bits per heavy atom. The molecule has 0 aliphatic heterocycles. The first-order valence-corrected chi connectivity index (χ1v) is 9.09. The van der Waals surface area contributed by atoms with E-state index >= 15 is 0 Å². The smallest absolute Gasteiger partial charge is 0.182 e. The second-order valence-corrected chi connectivity index (χ2v) is 6.61. The molecular weight excluding hydrogens is 385 g/mol. The summed E-state index contributed by atoms with van der Waals surface area (Å²) in [6.45, 7) is 1.90. The van der Waals surface area contributed by atoms with Crippen LogP contribution in [-0.4, -0.2) is 34.5 Å². The van der Waals surface area contributed by atoms with Crippen molar-refractivity contribution in [2.45, 2.75) is 13.0 Å². The van der Waals surface area contributed by atoms with Crippen molar-refractivity contribution >= 4 is 28.0 Å². The first kappa shape index (κ1) is 17.7. The zero-order valence-corrected chi connectivity index (χ0v) is 15.7. The molecule has 0 bridgehead atoms. The summed E-state index contributed by atoms with van der Waals surface area (Å²) in [5.41, 5.74) is 2.70. The number of nitrogens with zero attached hydrogens (tertiary/aromatic N) is 7. The molecule has 10 heteroatoms. The maximum atomic E-state index is 14.4. The number of fused-ring (bicyclic) bond motifs is 2. The standard InChI is InChI=1S/C20H14FN9/c1-11(28-19-16-18(25-9-24-16)26-10-27-19)20-29-15-5-4-14(21)13(7-22)17(15)30(20)12-3-2-6-23-8-12/h2-6,8-11H,1H3,(H2,24,25,26,27,28)/t11-/m0/s1. The fourth-order valence-electron chi connectivity index (χ4n) is 3.45. The predicted octanol–water partition coefficient (Wildman–Crippen LogP) is 3.27. The Bertz CT molecular complexity index is 1420. The molecule has 2 N–H and O–H groups in total. The summed E-state index contributed by atoms with van der Waals surface area (Å²) in [4.78, 5) is 24.4. The number of hydrogen-bond donors (Lipinski definition) is 2. The second-order valence-electron chi connectivity index (χ2n) is 6.61. The Morgan fingerprint density at radius 2 is 2.13 bits per heavy atom. The molecule has 1 atom stereocenters. The van der Waals surface area contributed by atoms with Crippen LogP contribution in [0.3, 0.4) is 0 Å². The third kappa shape index (κ3) is 2.72. The van der Waals surface area contributed by atoms with Crippen LogP contribution in [0.1, 0.15) is 24.4 Å². The number of pyridine rings is 1. The highest BCUT2D eigenvalue weighted by Crippen LogP contribution is 2.30. The first-order valence-electron chi connectivity index (χ1n) is 9.09. The number of hydrogen-bond acceptors (Lipinski definition) is 7. The summed E-state index contributed by atoms with van der Waals surface area (Å²) in [6, 6.07) is 8.02. The van der Waals surface area contributed by atoms with Gasteiger partial charge in [-0.25, -0.2) is 24.3 Å². The zero-order chi connectivity index (χ0) is 20.7. The Labute approximate surface area is 169 Å². The molecule has 0 unspecified atom stereocenters. The Morgan fingerprint density at radius 1 is 1.23 bits per heavy atom. The molecule has 0 amide bonds. The van der Waals surface area contributed by atoms with Crippen molar-refractivity contribution in [2.75, 3.05) is 5.32 Å². The van der Waals surface area contributed by atoms with Crippen molar-refractivity contribution in [2.24, 2.45) is 0 Å². The third-order valence-electron chi connectivity index (χ3n) is 4.77. The minimum atomic E-state index is -0.600. The highest BCUT2D eigenvalue weighted by molar-refractivity contribution is 5.85. The van der Waals surface area contributed by atoms with Gasteiger partial charge in [-0.05, 0) is 31.2 Å². The van der Waals surface area contributed by atoms with Crippen molar-refractivity contribution in [3.05, 3.63) is 66.5 Å². The monoisotopic (exact) mass is 399 g/mol. The molecule has 4 aromatic heterocycles. The molecule has 4 heterocycles. The lowest BCUT2D eigenvalue weighted by molar-refractivity contribution is 0.625. The maximum absolute atomic E-state index is 14.4. The summed E-state index contributed by atoms with van der Waals surface area (Å²) >= 11 is 0. The van der Waals surface area contributed by atoms with Crippen LogP contribution in [0.15, 0.2) is 49.3 Å². The number of rotatable bonds is 4. The minimum Gasteiger partial charge on any atom is -0.358 e. The molecule has 1 aromatic carbocycles. The van der Waals surface area contributed by atoms with E-state index in [-0.39, 0.29) is 11.6 Å². The number of nitriles is 1. The van der Waals surface area contributed by atoms with E-state index in [0.29, 0.717) is 39.5 Å². The lowest BCUT2D eigenvalue weighted by Crippen LogP contribution is -2.14. The number of nitrogens with one attached hydrogen (secondary N) is 2. The third-order valence-corrected chi connectivity index (χ3v) is 4.77. The second kappa shape index (κ2) is 6.89. The van der Waals surface area contributed by atoms with Gasteiger partial charge in [-0.3, -0.25) is 9.55 Å². The molecule has 0 aliphatic rings. The van der Waals surface area contributed by atoms with Crippen LogP contribution >= 0.6 is 0 Å². The highest BCUT2D eigenvalue weighted by Gasteiger charge is 2.23. The van der Waals surface area contributed by atoms with Crippen LogP contribution in [0.2, 0.25) is 0 Å². The number of aromatic amines is 1. The van der Waals surface area contributed by atoms with Crippen LogP contribution in [0.4, 0.5) is 10.2 Å². The van der Waals surface area contributed by atoms with E-state index in [2.05, 4.69) is 35.2 Å². The zero-order valence-electron chi connectivity index (χ0n) is 15.7. The van der Waals surface area contributed by atoms with Crippen molar-refractivity contribution < 1.29 is 4.39 Å². The normalized spacial score (nSPS) is 12.2. The molecule has 0 saturated carbocycles. The fraction of sp³-hybridized carbons (Fsp3) is 0.100. The summed E-state index contributed by atoms with van der Waals surface area (Å²) in [6.07, 6.45) is 6.25. The van der Waals surface area contributed by atoms with Crippen molar-refractivity contribution in [1.82, 2.24) is 34.5 Å². The first-order chi connectivity index (χ1) is 14.7. The number of halogens is 1. The van der Waals surface area contributed by atoms with E-state index in [1.165, 1.54) is 12.4 Å². The van der Waals surface area contributed by atoms with Gasteiger partial charge in [0, 0.05) is 6.20 Å². The van der Waals surface area contributed by atoms with Gasteiger partial charge in [0.05, 0.1) is 35.3 Å². The molecule has 9 nitrogen and oxygen atoms in total. The van der Waals surface area contributed by atoms with Crippen LogP contribution in [-0.2, 0) is 0 Å². The maximum Gasteiger partial charge on any atom is 0.182 e. The van der Waals surface area contributed by atoms with E-state index in [9.17, 15) is 9.65 Å². The number of anilines is 1. The topological polar surface area (TPSA) is 121 Å². The molecular formula is C20H14FN9. The van der Waals surface area contributed by atoms with E-state index in [4.69, 9.17) is 0 Å². The lowest BCUT2D eigenvalue weighted by atomic mass is 10.2. The molecule has 0 saturated heterocycles. The number of aromatic nitrogens is 7. The number of benzene rings is 1. The Hall–Kier alpha value is -4.39. The number of H-pyrrole nitrogens is 1. The van der Waals surface area contributed by atoms with Gasteiger partial charge >= 0.3 is 0 Å². The van der Waals surface area contributed by atoms with Gasteiger partial charge in [-0.1, -0.05) is 0 Å². The lowest BCUT2D eigenvalue weighted by Gasteiger charge is -2.17. The Kier molecular flexibility index (Phi) is 4.07. The predicted molar refractivity (Wildman–Crippen MR) is 107 cm³/mol. The molecule has 146 valence electrons. The molecule has 5 aromatic rings. The molecule has 0 spiro atoms.